The molecule has 3 aromatic rings. The van der Waals surface area contributed by atoms with E-state index in [9.17, 15) is 0 Å². The molecule has 0 saturated heterocycles. The van der Waals surface area contributed by atoms with E-state index in [1.165, 1.54) is 5.56 Å². The normalized spacial score (nSPS) is 15.6. The maximum absolute atomic E-state index is 6.42. The number of rotatable bonds is 1. The quantitative estimate of drug-likeness (QED) is 0.497. The lowest BCUT2D eigenvalue weighted by molar-refractivity contribution is 0.987. The molecule has 0 amide bonds. The highest BCUT2D eigenvalue weighted by Crippen LogP contribution is 2.48. The van der Waals surface area contributed by atoms with Crippen molar-refractivity contribution in [1.82, 2.24) is 9.97 Å². The van der Waals surface area contributed by atoms with Crippen molar-refractivity contribution in [2.75, 3.05) is 0 Å². The van der Waals surface area contributed by atoms with Crippen LogP contribution in [0.4, 0.5) is 0 Å². The predicted molar refractivity (Wildman–Crippen MR) is 84.9 cm³/mol. The minimum absolute atomic E-state index is 0.0576. The van der Waals surface area contributed by atoms with E-state index in [1.807, 2.05) is 30.5 Å². The average molecular weight is 313 g/mol. The fourth-order valence-electron chi connectivity index (χ4n) is 2.98. The third kappa shape index (κ3) is 1.95. The monoisotopic (exact) mass is 312 g/mol. The van der Waals surface area contributed by atoms with Crippen molar-refractivity contribution in [3.05, 3.63) is 81.7 Å². The van der Waals surface area contributed by atoms with Crippen LogP contribution in [0.15, 0.2) is 55.0 Å². The van der Waals surface area contributed by atoms with Crippen molar-refractivity contribution in [2.24, 2.45) is 0 Å². The van der Waals surface area contributed by atoms with E-state index in [2.05, 4.69) is 22.1 Å². The second-order valence-corrected chi connectivity index (χ2v) is 5.86. The molecule has 1 unspecified atom stereocenters. The molecule has 0 spiro atoms. The summed E-state index contributed by atoms with van der Waals surface area (Å²) in [7, 11) is 0. The number of hydrogen-bond acceptors (Lipinski definition) is 2. The van der Waals surface area contributed by atoms with Crippen LogP contribution in [0, 0.1) is 0 Å². The molecule has 1 aliphatic carbocycles. The summed E-state index contributed by atoms with van der Waals surface area (Å²) in [6.07, 6.45) is 3.46. The molecule has 4 heteroatoms. The summed E-state index contributed by atoms with van der Waals surface area (Å²) in [6.45, 7) is 0. The lowest BCUT2D eigenvalue weighted by atomic mass is 9.90. The van der Waals surface area contributed by atoms with Gasteiger partial charge in [-0.05, 0) is 23.3 Å². The first kappa shape index (κ1) is 12.8. The number of aromatic nitrogens is 2. The Hall–Kier alpha value is -1.90. The van der Waals surface area contributed by atoms with E-state index in [-0.39, 0.29) is 5.92 Å². The molecule has 1 heterocycles. The van der Waals surface area contributed by atoms with Crippen LogP contribution >= 0.6 is 23.2 Å². The first-order chi connectivity index (χ1) is 10.3. The van der Waals surface area contributed by atoms with Crippen LogP contribution in [0.3, 0.4) is 0 Å². The molecule has 4 rings (SSSR count). The summed E-state index contributed by atoms with van der Waals surface area (Å²) in [5.41, 5.74) is 5.45. The zero-order valence-corrected chi connectivity index (χ0v) is 12.4. The molecule has 1 atom stereocenters. The number of hydrogen-bond donors (Lipinski definition) is 0. The van der Waals surface area contributed by atoms with Crippen molar-refractivity contribution in [2.45, 2.75) is 5.92 Å². The summed E-state index contributed by atoms with van der Waals surface area (Å²) in [6, 6.07) is 13.9. The Balaban J connectivity index is 2.01. The number of fused-ring (bicyclic) bond motifs is 3. The van der Waals surface area contributed by atoms with E-state index >= 15 is 0 Å². The predicted octanol–water partition coefficient (Wildman–Crippen LogP) is 4.94. The largest absolute Gasteiger partial charge is 0.244 e. The van der Waals surface area contributed by atoms with Crippen LogP contribution < -0.4 is 0 Å². The number of nitrogens with zero attached hydrogens (tertiary/aromatic N) is 2. The van der Waals surface area contributed by atoms with E-state index in [4.69, 9.17) is 23.2 Å². The van der Waals surface area contributed by atoms with Gasteiger partial charge in [-0.25, -0.2) is 9.97 Å². The Morgan fingerprint density at radius 2 is 1.76 bits per heavy atom. The molecule has 102 valence electrons. The Bertz CT molecular complexity index is 800. The van der Waals surface area contributed by atoms with Crippen LogP contribution in [0.25, 0.3) is 11.3 Å². The molecular weight excluding hydrogens is 303 g/mol. The molecular formula is C17H10Cl2N2. The topological polar surface area (TPSA) is 25.8 Å². The molecule has 0 aliphatic heterocycles. The first-order valence-electron chi connectivity index (χ1n) is 6.60. The van der Waals surface area contributed by atoms with Gasteiger partial charge >= 0.3 is 0 Å². The van der Waals surface area contributed by atoms with Gasteiger partial charge in [-0.2, -0.15) is 0 Å². The summed E-state index contributed by atoms with van der Waals surface area (Å²) in [5, 5.41) is 1.30. The highest BCUT2D eigenvalue weighted by atomic mass is 35.5. The van der Waals surface area contributed by atoms with Gasteiger partial charge < -0.3 is 0 Å². The second-order valence-electron chi connectivity index (χ2n) is 5.01. The van der Waals surface area contributed by atoms with Crippen molar-refractivity contribution in [3.8, 4) is 11.3 Å². The Morgan fingerprint density at radius 1 is 0.905 bits per heavy atom. The van der Waals surface area contributed by atoms with Gasteiger partial charge in [0.15, 0.2) is 0 Å². The fraction of sp³-hybridized carbons (Fsp3) is 0.0588. The molecule has 1 aliphatic rings. The van der Waals surface area contributed by atoms with Gasteiger partial charge in [0.2, 0.25) is 0 Å². The molecule has 0 radical (unpaired) electrons. The van der Waals surface area contributed by atoms with Gasteiger partial charge in [-0.15, -0.1) is 0 Å². The van der Waals surface area contributed by atoms with Crippen LogP contribution in [0.1, 0.15) is 22.6 Å². The first-order valence-corrected chi connectivity index (χ1v) is 7.35. The van der Waals surface area contributed by atoms with E-state index in [1.54, 1.807) is 12.4 Å². The summed E-state index contributed by atoms with van der Waals surface area (Å²) < 4.78 is 0. The van der Waals surface area contributed by atoms with Gasteiger partial charge in [-0.1, -0.05) is 53.5 Å². The Morgan fingerprint density at radius 3 is 2.62 bits per heavy atom. The second kappa shape index (κ2) is 4.83. The molecule has 0 fully saturated rings. The smallest absolute Gasteiger partial charge is 0.116 e. The van der Waals surface area contributed by atoms with Crippen LogP contribution in [-0.2, 0) is 0 Å². The maximum Gasteiger partial charge on any atom is 0.116 e. The third-order valence-corrected chi connectivity index (χ3v) is 4.41. The molecule has 0 bridgehead atoms. The van der Waals surface area contributed by atoms with Gasteiger partial charge in [0.25, 0.3) is 0 Å². The zero-order valence-electron chi connectivity index (χ0n) is 10.9. The van der Waals surface area contributed by atoms with Gasteiger partial charge in [0.1, 0.15) is 6.33 Å². The van der Waals surface area contributed by atoms with Crippen LogP contribution in [0.5, 0.6) is 0 Å². The highest BCUT2D eigenvalue weighted by Gasteiger charge is 2.32. The van der Waals surface area contributed by atoms with Crippen LogP contribution in [-0.4, -0.2) is 9.97 Å². The molecule has 2 aromatic carbocycles. The Labute approximate surface area is 132 Å². The summed E-state index contributed by atoms with van der Waals surface area (Å²) >= 11 is 12.4. The zero-order chi connectivity index (χ0) is 14.4. The number of halogens is 2. The van der Waals surface area contributed by atoms with Crippen molar-refractivity contribution < 1.29 is 0 Å². The van der Waals surface area contributed by atoms with Gasteiger partial charge in [-0.3, -0.25) is 0 Å². The fourth-order valence-corrected chi connectivity index (χ4v) is 3.50. The minimum Gasteiger partial charge on any atom is -0.244 e. The van der Waals surface area contributed by atoms with E-state index in [0.29, 0.717) is 10.0 Å². The summed E-state index contributed by atoms with van der Waals surface area (Å²) in [4.78, 5) is 8.63. The molecule has 2 nitrogen and oxygen atoms in total. The third-order valence-electron chi connectivity index (χ3n) is 3.85. The van der Waals surface area contributed by atoms with Crippen molar-refractivity contribution >= 4 is 23.2 Å². The summed E-state index contributed by atoms with van der Waals surface area (Å²) in [5.74, 6) is 0.0576. The van der Waals surface area contributed by atoms with E-state index in [0.717, 1.165) is 22.4 Å². The van der Waals surface area contributed by atoms with Gasteiger partial charge in [0.05, 0.1) is 5.69 Å². The number of benzene rings is 2. The van der Waals surface area contributed by atoms with Crippen molar-refractivity contribution in [1.29, 1.82) is 0 Å². The SMILES string of the molecule is Clc1ccc(C2c3ccccc3-c3ncncc32)c(Cl)c1. The van der Waals surface area contributed by atoms with E-state index < -0.39 is 0 Å². The maximum atomic E-state index is 6.42. The molecule has 1 aromatic heterocycles. The average Bonchev–Trinajstić information content (AvgIpc) is 2.82. The molecule has 0 N–H and O–H groups in total. The van der Waals surface area contributed by atoms with Gasteiger partial charge in [0, 0.05) is 33.3 Å². The highest BCUT2D eigenvalue weighted by molar-refractivity contribution is 6.35. The standard InChI is InChI=1S/C17H10Cl2N2/c18-10-5-6-13(15(19)7-10)16-11-3-1-2-4-12(11)17-14(16)8-20-9-21-17/h1-9,16H. The lowest BCUT2D eigenvalue weighted by Gasteiger charge is -2.15. The Kier molecular flexibility index (Phi) is 2.95. The van der Waals surface area contributed by atoms with Crippen molar-refractivity contribution in [3.63, 3.8) is 0 Å². The molecule has 0 saturated carbocycles. The van der Waals surface area contributed by atoms with Crippen LogP contribution in [0.2, 0.25) is 10.0 Å². The molecule has 21 heavy (non-hydrogen) atoms. The minimum atomic E-state index is 0.0576. The lowest BCUT2D eigenvalue weighted by Crippen LogP contribution is -2.00.